The van der Waals surface area contributed by atoms with Crippen LogP contribution in [0.3, 0.4) is 0 Å². The van der Waals surface area contributed by atoms with Crippen molar-refractivity contribution in [1.29, 1.82) is 0 Å². The third-order valence-electron chi connectivity index (χ3n) is 15.3. The van der Waals surface area contributed by atoms with Gasteiger partial charge in [-0.1, -0.05) is 66.7 Å². The Morgan fingerprint density at radius 1 is 0.929 bits per heavy atom. The van der Waals surface area contributed by atoms with Crippen molar-refractivity contribution in [2.24, 2.45) is 39.6 Å². The fraction of sp³-hybridized carbons (Fsp3) is 0.642. The van der Waals surface area contributed by atoms with Gasteiger partial charge in [0, 0.05) is 106 Å². The first kappa shape index (κ1) is 52.7. The summed E-state index contributed by atoms with van der Waals surface area (Å²) < 4.78 is 24.8. The number of amides is 2. The second-order valence-electron chi connectivity index (χ2n) is 21.0. The molecule has 6 N–H and O–H groups in total. The lowest BCUT2D eigenvalue weighted by Crippen LogP contribution is -2.50. The molecule has 0 unspecified atom stereocenters. The second kappa shape index (κ2) is 21.3. The van der Waals surface area contributed by atoms with Crippen molar-refractivity contribution in [2.75, 3.05) is 51.7 Å². The Kier molecular flexibility index (Phi) is 16.1. The van der Waals surface area contributed by atoms with Crippen LogP contribution in [0.4, 0.5) is 10.5 Å². The van der Waals surface area contributed by atoms with Gasteiger partial charge in [0.25, 0.3) is 11.7 Å². The summed E-state index contributed by atoms with van der Waals surface area (Å²) in [7, 11) is 1.49. The first-order valence-corrected chi connectivity index (χ1v) is 25.2. The Morgan fingerprint density at radius 3 is 2.24 bits per heavy atom. The molecule has 0 saturated carbocycles. The van der Waals surface area contributed by atoms with Crippen LogP contribution in [0.5, 0.6) is 17.2 Å². The third kappa shape index (κ3) is 10.5. The zero-order valence-electron chi connectivity index (χ0n) is 42.9. The quantitative estimate of drug-likeness (QED) is 0.181. The number of benzene rings is 2. The SMILES string of the molecule is CCCN1CCC(NC(=O)O[C@H]2[C@H](C)[C@H](O)[C@H](C)[C@@H](O)[C@@H](C)/C=C/C=C(/C)C(=O)Nc3c(O)c4c(O)c(C)c5c(c4c4c3=NC3(CCN(CC(C)C)CC3)N=4)C(=O)[C@@](C)(O/C=C/[C@H](OC)[C@H]2C)O5)CC1. The summed E-state index contributed by atoms with van der Waals surface area (Å²) in [6.45, 7) is 23.3. The fourth-order valence-corrected chi connectivity index (χ4v) is 10.9. The van der Waals surface area contributed by atoms with E-state index < -0.39 is 83.1 Å². The van der Waals surface area contributed by atoms with E-state index in [1.54, 1.807) is 58.9 Å². The number of anilines is 1. The second-order valence-corrected chi connectivity index (χ2v) is 21.0. The van der Waals surface area contributed by atoms with Gasteiger partial charge in [0.1, 0.15) is 28.6 Å². The van der Waals surface area contributed by atoms with E-state index in [2.05, 4.69) is 41.2 Å². The molecule has 2 amide bonds. The molecule has 0 aromatic heterocycles. The van der Waals surface area contributed by atoms with Crippen molar-refractivity contribution in [3.8, 4) is 17.2 Å². The Balaban J connectivity index is 1.31. The Bertz CT molecular complexity index is 2530. The maximum atomic E-state index is 14.9. The molecule has 17 heteroatoms. The van der Waals surface area contributed by atoms with Crippen molar-refractivity contribution in [2.45, 2.75) is 143 Å². The average Bonchev–Trinajstić information content (AvgIpc) is 3.83. The number of allylic oxidation sites excluding steroid dienone is 2. The molecule has 2 saturated heterocycles. The van der Waals surface area contributed by atoms with Gasteiger partial charge >= 0.3 is 11.9 Å². The van der Waals surface area contributed by atoms with E-state index in [-0.39, 0.29) is 61.4 Å². The molecule has 6 heterocycles. The monoisotopic (exact) mass is 973 g/mol. The zero-order chi connectivity index (χ0) is 51.0. The number of ketones is 1. The number of phenolic OH excluding ortho intramolecular Hbond substituents is 2. The van der Waals surface area contributed by atoms with Gasteiger partial charge in [-0.25, -0.2) is 4.79 Å². The van der Waals surface area contributed by atoms with Crippen LogP contribution >= 0.6 is 0 Å². The van der Waals surface area contributed by atoms with Gasteiger partial charge in [0.15, 0.2) is 11.4 Å². The number of carbonyl (C=O) groups excluding carboxylic acids is 3. The summed E-state index contributed by atoms with van der Waals surface area (Å²) in [6, 6.07) is -0.0880. The first-order valence-electron chi connectivity index (χ1n) is 25.2. The molecular formula is C53H76N6O11. The van der Waals surface area contributed by atoms with Crippen LogP contribution < -0.4 is 26.1 Å². The predicted molar refractivity (Wildman–Crippen MR) is 265 cm³/mol. The smallest absolute Gasteiger partial charge is 0.407 e. The number of likely N-dealkylation sites (tertiary alicyclic amines) is 2. The average molecular weight is 973 g/mol. The number of nitrogens with one attached hydrogen (secondary N) is 2. The number of piperidine rings is 2. The molecule has 70 heavy (non-hydrogen) atoms. The van der Waals surface area contributed by atoms with Gasteiger partial charge in [0.05, 0.1) is 40.9 Å². The standard InChI is InChI=1S/C53H76N6O11/c1-12-21-58-22-16-35(17-23-58)54-51(66)69-47-31(6)36(67-11)18-26-68-52(10)49(64)39-37-38(45(62)34(9)48(39)70-52)46(63)42(41-40(37)56-53(57-41)19-24-59(25-20-53)27-28(2)3)55-50(65)30(5)15-13-14-29(4)43(60)32(7)44(61)33(47)8/h13-15,18,26,28-29,31-33,35-36,43-44,47,60-63H,12,16-17,19-25,27H2,1-11H3,(H,54,66)(H,55,65)/b14-13+,26-18+,30-15-/t29-,31+,32+,33+,36-,43-,44+,47+,52-/m0/s1. The number of aromatic hydroxyl groups is 2. The summed E-state index contributed by atoms with van der Waals surface area (Å²) in [4.78, 5) is 57.8. The van der Waals surface area contributed by atoms with Gasteiger partial charge in [-0.05, 0) is 51.6 Å². The molecule has 384 valence electrons. The van der Waals surface area contributed by atoms with Crippen LogP contribution in [-0.4, -0.2) is 136 Å². The first-order chi connectivity index (χ1) is 33.1. The molecule has 0 radical (unpaired) electrons. The third-order valence-corrected chi connectivity index (χ3v) is 15.3. The van der Waals surface area contributed by atoms with E-state index in [9.17, 15) is 34.8 Å². The minimum absolute atomic E-state index is 0.0370. The van der Waals surface area contributed by atoms with Crippen LogP contribution in [0.15, 0.2) is 46.1 Å². The van der Waals surface area contributed by atoms with E-state index in [1.807, 2.05) is 6.92 Å². The molecule has 17 nitrogen and oxygen atoms in total. The molecule has 2 fully saturated rings. The lowest BCUT2D eigenvalue weighted by molar-refractivity contribution is -0.112. The number of aliphatic hydroxyl groups is 2. The molecule has 2 aromatic carbocycles. The number of hydrogen-bond donors (Lipinski definition) is 6. The Labute approximate surface area is 411 Å². The summed E-state index contributed by atoms with van der Waals surface area (Å²) in [6.07, 6.45) is 6.93. The van der Waals surface area contributed by atoms with Crippen LogP contribution in [0.2, 0.25) is 0 Å². The molecular weight excluding hydrogens is 897 g/mol. The lowest BCUT2D eigenvalue weighted by Gasteiger charge is -2.38. The Morgan fingerprint density at radius 2 is 1.60 bits per heavy atom. The van der Waals surface area contributed by atoms with Gasteiger partial charge in [-0.2, -0.15) is 0 Å². The number of phenols is 2. The lowest BCUT2D eigenvalue weighted by atomic mass is 9.78. The van der Waals surface area contributed by atoms with Crippen molar-refractivity contribution in [3.05, 3.63) is 58.0 Å². The number of methoxy groups -OCH3 is 1. The van der Waals surface area contributed by atoms with E-state index in [4.69, 9.17) is 28.9 Å². The van der Waals surface area contributed by atoms with E-state index in [1.165, 1.54) is 20.3 Å². The molecule has 6 aliphatic heterocycles. The van der Waals surface area contributed by atoms with Crippen molar-refractivity contribution < 1.29 is 53.8 Å². The highest BCUT2D eigenvalue weighted by Crippen LogP contribution is 2.50. The van der Waals surface area contributed by atoms with Gasteiger partial charge in [-0.3, -0.25) is 19.6 Å². The zero-order valence-corrected chi connectivity index (χ0v) is 42.9. The molecule has 6 aliphatic rings. The van der Waals surface area contributed by atoms with Crippen molar-refractivity contribution >= 4 is 34.2 Å². The number of hydrogen-bond acceptors (Lipinski definition) is 15. The number of rotatable bonds is 7. The highest BCUT2D eigenvalue weighted by Gasteiger charge is 2.50. The van der Waals surface area contributed by atoms with Crippen molar-refractivity contribution in [1.82, 2.24) is 15.1 Å². The van der Waals surface area contributed by atoms with E-state index in [0.29, 0.717) is 31.8 Å². The van der Waals surface area contributed by atoms with Crippen molar-refractivity contribution in [3.63, 3.8) is 0 Å². The molecule has 2 aromatic rings. The number of fused-ring (bicyclic) bond motifs is 13. The number of carbonyl (C=O) groups is 3. The molecule has 9 atom stereocenters. The van der Waals surface area contributed by atoms with E-state index in [0.717, 1.165) is 45.4 Å². The minimum Gasteiger partial charge on any atom is -0.507 e. The normalized spacial score (nSPS) is 31.8. The maximum absolute atomic E-state index is 14.9. The number of ether oxygens (including phenoxy) is 4. The maximum Gasteiger partial charge on any atom is 0.407 e. The topological polar surface area (TPSA) is 224 Å². The molecule has 0 aliphatic carbocycles. The summed E-state index contributed by atoms with van der Waals surface area (Å²) in [5.41, 5.74) is -0.580. The van der Waals surface area contributed by atoms with Crippen LogP contribution in [0.25, 0.3) is 10.8 Å². The van der Waals surface area contributed by atoms with E-state index >= 15 is 0 Å². The summed E-state index contributed by atoms with van der Waals surface area (Å²) >= 11 is 0. The minimum atomic E-state index is -1.98. The van der Waals surface area contributed by atoms with Crippen LogP contribution in [0, 0.1) is 36.5 Å². The number of aliphatic hydroxyl groups excluding tert-OH is 2. The van der Waals surface area contributed by atoms with Crippen LogP contribution in [-0.2, 0) is 19.0 Å². The number of nitrogens with zero attached hydrogens (tertiary/aromatic N) is 4. The van der Waals surface area contributed by atoms with Gasteiger partial charge in [-0.15, -0.1) is 0 Å². The summed E-state index contributed by atoms with van der Waals surface area (Å²) in [5.74, 6) is -6.04. The summed E-state index contributed by atoms with van der Waals surface area (Å²) in [5, 5.41) is 54.1. The predicted octanol–water partition coefficient (Wildman–Crippen LogP) is 5.79. The molecule has 1 spiro atoms. The number of alkyl carbamates (subject to hydrolysis) is 1. The highest BCUT2D eigenvalue weighted by molar-refractivity contribution is 6.19. The molecule has 5 bridgehead atoms. The fourth-order valence-electron chi connectivity index (χ4n) is 10.9. The van der Waals surface area contributed by atoms with Gasteiger partial charge in [0.2, 0.25) is 0 Å². The molecule has 8 rings (SSSR count). The Hall–Kier alpha value is -5.07. The van der Waals surface area contributed by atoms with Crippen LogP contribution in [0.1, 0.15) is 110 Å². The van der Waals surface area contributed by atoms with Gasteiger partial charge < -0.3 is 59.8 Å². The largest absolute Gasteiger partial charge is 0.507 e. The number of Topliss-reactive ketones (excluding diaryl/α,β-unsaturated/α-hetero) is 1. The highest BCUT2D eigenvalue weighted by atomic mass is 16.7.